The topological polar surface area (TPSA) is 114 Å². The van der Waals surface area contributed by atoms with E-state index >= 15 is 0 Å². The molecule has 1 heterocycles. The van der Waals surface area contributed by atoms with Crippen LogP contribution < -0.4 is 10.6 Å². The van der Waals surface area contributed by atoms with Crippen molar-refractivity contribution in [3.63, 3.8) is 0 Å². The third-order valence-corrected chi connectivity index (χ3v) is 7.18. The van der Waals surface area contributed by atoms with Gasteiger partial charge in [0.05, 0.1) is 12.0 Å². The van der Waals surface area contributed by atoms with E-state index in [1.807, 2.05) is 24.3 Å². The van der Waals surface area contributed by atoms with Crippen molar-refractivity contribution in [2.24, 2.45) is 11.8 Å². The van der Waals surface area contributed by atoms with Crippen molar-refractivity contribution in [1.82, 2.24) is 10.6 Å². The number of nitrogens with one attached hydrogen (secondary N) is 2. The van der Waals surface area contributed by atoms with Gasteiger partial charge in [-0.1, -0.05) is 61.4 Å². The van der Waals surface area contributed by atoms with Gasteiger partial charge in [0.25, 0.3) is 0 Å². The summed E-state index contributed by atoms with van der Waals surface area (Å²) in [5.74, 6) is -1.35. The molecule has 184 valence electrons. The van der Waals surface area contributed by atoms with Crippen LogP contribution in [0.1, 0.15) is 42.7 Å². The number of carbonyl (C=O) groups is 3. The average Bonchev–Trinajstić information content (AvgIpc) is 3.46. The van der Waals surface area contributed by atoms with Crippen molar-refractivity contribution in [3.05, 3.63) is 59.7 Å². The first-order valence-electron chi connectivity index (χ1n) is 12.2. The highest BCUT2D eigenvalue weighted by molar-refractivity contribution is 5.82. The summed E-state index contributed by atoms with van der Waals surface area (Å²) in [6, 6.07) is 15.7. The number of carboxylic acid groups (broad SMARTS) is 1. The summed E-state index contributed by atoms with van der Waals surface area (Å²) in [7, 11) is 0. The van der Waals surface area contributed by atoms with E-state index in [0.29, 0.717) is 25.4 Å². The number of amides is 2. The highest BCUT2D eigenvalue weighted by Gasteiger charge is 2.37. The van der Waals surface area contributed by atoms with E-state index in [4.69, 9.17) is 9.47 Å². The van der Waals surface area contributed by atoms with E-state index < -0.39 is 30.1 Å². The number of ether oxygens (including phenoxy) is 2. The van der Waals surface area contributed by atoms with Crippen molar-refractivity contribution < 1.29 is 29.0 Å². The van der Waals surface area contributed by atoms with Gasteiger partial charge in [-0.3, -0.25) is 4.79 Å². The molecule has 0 bridgehead atoms. The van der Waals surface area contributed by atoms with Crippen LogP contribution in [0, 0.1) is 11.8 Å². The van der Waals surface area contributed by atoms with Gasteiger partial charge in [-0.25, -0.2) is 9.59 Å². The molecule has 1 saturated heterocycles. The maximum Gasteiger partial charge on any atom is 0.407 e. The Morgan fingerprint density at radius 3 is 2.29 bits per heavy atom. The molecule has 8 heteroatoms. The standard InChI is InChI=1S/C27H30N2O6/c30-25(29-23-11-12-34-24(23)26(31)32)17(13-16-9-10-16)14-28-27(33)35-15-22-20-7-3-1-5-18(20)19-6-2-4-8-21(19)22/h1-8,16-17,22-24H,9-15H2,(H,28,33)(H,29,30)(H,31,32). The minimum Gasteiger partial charge on any atom is -0.479 e. The molecule has 2 amide bonds. The summed E-state index contributed by atoms with van der Waals surface area (Å²) < 4.78 is 10.8. The molecule has 3 unspecified atom stereocenters. The quantitative estimate of drug-likeness (QED) is 0.510. The normalized spacial score (nSPS) is 21.6. The summed E-state index contributed by atoms with van der Waals surface area (Å²) in [6.07, 6.45) is 1.65. The van der Waals surface area contributed by atoms with E-state index in [9.17, 15) is 19.5 Å². The lowest BCUT2D eigenvalue weighted by molar-refractivity contribution is -0.148. The number of alkyl carbamates (subject to hydrolysis) is 1. The van der Waals surface area contributed by atoms with Gasteiger partial charge in [0.1, 0.15) is 6.61 Å². The average molecular weight is 479 g/mol. The molecule has 2 aliphatic carbocycles. The fraction of sp³-hybridized carbons (Fsp3) is 0.444. The predicted octanol–water partition coefficient (Wildman–Crippen LogP) is 3.30. The zero-order valence-corrected chi connectivity index (χ0v) is 19.4. The molecule has 35 heavy (non-hydrogen) atoms. The van der Waals surface area contributed by atoms with Gasteiger partial charge >= 0.3 is 12.1 Å². The maximum atomic E-state index is 12.9. The van der Waals surface area contributed by atoms with Gasteiger partial charge in [0.2, 0.25) is 5.91 Å². The third-order valence-electron chi connectivity index (χ3n) is 7.18. The van der Waals surface area contributed by atoms with Crippen LogP contribution in [0.4, 0.5) is 4.79 Å². The maximum absolute atomic E-state index is 12.9. The summed E-state index contributed by atoms with van der Waals surface area (Å²) >= 11 is 0. The predicted molar refractivity (Wildman–Crippen MR) is 128 cm³/mol. The van der Waals surface area contributed by atoms with Crippen LogP contribution in [0.5, 0.6) is 0 Å². The lowest BCUT2D eigenvalue weighted by Crippen LogP contribution is -2.48. The Labute approximate surface area is 204 Å². The van der Waals surface area contributed by atoms with Gasteiger partial charge in [-0.15, -0.1) is 0 Å². The Kier molecular flexibility index (Phi) is 6.72. The lowest BCUT2D eigenvalue weighted by Gasteiger charge is -2.22. The largest absolute Gasteiger partial charge is 0.479 e. The molecule has 0 radical (unpaired) electrons. The van der Waals surface area contributed by atoms with Crippen molar-refractivity contribution in [2.45, 2.75) is 43.7 Å². The van der Waals surface area contributed by atoms with Crippen molar-refractivity contribution >= 4 is 18.0 Å². The number of carbonyl (C=O) groups excluding carboxylic acids is 2. The molecule has 0 aromatic heterocycles. The molecule has 0 spiro atoms. The Hall–Kier alpha value is -3.39. The van der Waals surface area contributed by atoms with Gasteiger partial charge in [-0.05, 0) is 41.0 Å². The van der Waals surface area contributed by atoms with E-state index in [1.165, 1.54) is 0 Å². The first kappa shape index (κ1) is 23.4. The second kappa shape index (κ2) is 10.1. The van der Waals surface area contributed by atoms with Crippen LogP contribution in [0.25, 0.3) is 11.1 Å². The first-order chi connectivity index (χ1) is 17.0. The number of hydrogen-bond acceptors (Lipinski definition) is 5. The molecule has 8 nitrogen and oxygen atoms in total. The first-order valence-corrected chi connectivity index (χ1v) is 12.2. The van der Waals surface area contributed by atoms with E-state index in [2.05, 4.69) is 34.9 Å². The van der Waals surface area contributed by atoms with Gasteiger partial charge in [0, 0.05) is 19.1 Å². The van der Waals surface area contributed by atoms with Gasteiger partial charge < -0.3 is 25.2 Å². The highest BCUT2D eigenvalue weighted by atomic mass is 16.5. The molecule has 2 aromatic carbocycles. The van der Waals surface area contributed by atoms with Crippen molar-refractivity contribution in [2.75, 3.05) is 19.8 Å². The fourth-order valence-electron chi connectivity index (χ4n) is 5.18. The molecule has 1 saturated carbocycles. The van der Waals surface area contributed by atoms with Crippen LogP contribution in [-0.2, 0) is 19.1 Å². The molecule has 2 aromatic rings. The zero-order chi connectivity index (χ0) is 24.4. The van der Waals surface area contributed by atoms with Crippen molar-refractivity contribution in [1.29, 1.82) is 0 Å². The number of fused-ring (bicyclic) bond motifs is 3. The second-order valence-electron chi connectivity index (χ2n) is 9.62. The Morgan fingerprint density at radius 2 is 1.66 bits per heavy atom. The number of carboxylic acids is 1. The van der Waals surface area contributed by atoms with Crippen LogP contribution in [0.2, 0.25) is 0 Å². The smallest absolute Gasteiger partial charge is 0.407 e. The number of aliphatic carboxylic acids is 1. The zero-order valence-electron chi connectivity index (χ0n) is 19.4. The monoisotopic (exact) mass is 478 g/mol. The van der Waals surface area contributed by atoms with E-state index in [-0.39, 0.29) is 25.0 Å². The summed E-state index contributed by atoms with van der Waals surface area (Å²) in [5.41, 5.74) is 4.60. The van der Waals surface area contributed by atoms with E-state index in [0.717, 1.165) is 35.1 Å². The van der Waals surface area contributed by atoms with Crippen LogP contribution in [0.15, 0.2) is 48.5 Å². The van der Waals surface area contributed by atoms with E-state index in [1.54, 1.807) is 0 Å². The number of benzene rings is 2. The van der Waals surface area contributed by atoms with Gasteiger partial charge in [-0.2, -0.15) is 0 Å². The molecule has 2 fully saturated rings. The number of rotatable bonds is 9. The molecule has 3 atom stereocenters. The summed E-state index contributed by atoms with van der Waals surface area (Å²) in [6.45, 7) is 0.649. The Morgan fingerprint density at radius 1 is 1.00 bits per heavy atom. The minimum absolute atomic E-state index is 0.0333. The SMILES string of the molecule is O=C(NCC(CC1CC1)C(=O)NC1CCOC1C(=O)O)OCC1c2ccccc2-c2ccccc21. The minimum atomic E-state index is -1.08. The molecule has 3 aliphatic rings. The lowest BCUT2D eigenvalue weighted by atomic mass is 9.98. The van der Waals surface area contributed by atoms with Crippen molar-refractivity contribution in [3.8, 4) is 11.1 Å². The number of hydrogen-bond donors (Lipinski definition) is 3. The van der Waals surface area contributed by atoms with Crippen LogP contribution >= 0.6 is 0 Å². The van der Waals surface area contributed by atoms with Crippen LogP contribution in [-0.4, -0.2) is 55.0 Å². The fourth-order valence-corrected chi connectivity index (χ4v) is 5.18. The molecule has 5 rings (SSSR count). The molecule has 1 aliphatic heterocycles. The summed E-state index contributed by atoms with van der Waals surface area (Å²) in [4.78, 5) is 36.9. The molecular weight excluding hydrogens is 448 g/mol. The Bertz CT molecular complexity index is 1070. The molecular formula is C27H30N2O6. The third kappa shape index (κ3) is 5.17. The van der Waals surface area contributed by atoms with Gasteiger partial charge in [0.15, 0.2) is 6.10 Å². The Balaban J connectivity index is 1.17. The van der Waals surface area contributed by atoms with Crippen LogP contribution in [0.3, 0.4) is 0 Å². The highest BCUT2D eigenvalue weighted by Crippen LogP contribution is 2.44. The summed E-state index contributed by atoms with van der Waals surface area (Å²) in [5, 5.41) is 14.9. The second-order valence-corrected chi connectivity index (χ2v) is 9.62. The molecule has 3 N–H and O–H groups in total.